The van der Waals surface area contributed by atoms with Crippen molar-refractivity contribution in [1.82, 2.24) is 5.32 Å². The number of rotatable bonds is 66. The third-order valence-corrected chi connectivity index (χ3v) is 16.4. The first-order valence-corrected chi connectivity index (χ1v) is 35.2. The Bertz CT molecular complexity index is 1260. The SMILES string of the molecule is CCCCCCCC/C=C\CCCCCCCCCCCC(=O)OCCCCCCCCCCC/C=C\C/C=C\CCCCCCCCCCCCCCCCCC(=O)NC(CO)C(O)CCCCCCCCCCCCC. The number of nitrogens with one attached hydrogen (secondary N) is 1. The molecule has 0 aromatic rings. The van der Waals surface area contributed by atoms with Gasteiger partial charge in [0.05, 0.1) is 25.4 Å². The van der Waals surface area contributed by atoms with E-state index >= 15 is 0 Å². The van der Waals surface area contributed by atoms with Crippen LogP contribution >= 0.6 is 0 Å². The highest BCUT2D eigenvalue weighted by Crippen LogP contribution is 2.18. The molecule has 0 saturated heterocycles. The Balaban J connectivity index is 3.36. The molecule has 1 amide bonds. The molecule has 0 bridgehead atoms. The minimum Gasteiger partial charge on any atom is -0.466 e. The fourth-order valence-corrected chi connectivity index (χ4v) is 11.0. The van der Waals surface area contributed by atoms with E-state index in [0.717, 1.165) is 51.4 Å². The lowest BCUT2D eigenvalue weighted by Crippen LogP contribution is -2.45. The van der Waals surface area contributed by atoms with E-state index in [1.54, 1.807) is 0 Å². The van der Waals surface area contributed by atoms with Gasteiger partial charge in [0, 0.05) is 12.8 Å². The molecular formula is C72H137NO5. The van der Waals surface area contributed by atoms with E-state index in [0.29, 0.717) is 25.9 Å². The zero-order valence-corrected chi connectivity index (χ0v) is 52.7. The summed E-state index contributed by atoms with van der Waals surface area (Å²) < 4.78 is 5.50. The molecule has 0 aromatic carbocycles. The van der Waals surface area contributed by atoms with Gasteiger partial charge >= 0.3 is 5.97 Å². The number of esters is 1. The van der Waals surface area contributed by atoms with E-state index in [-0.39, 0.29) is 18.5 Å². The summed E-state index contributed by atoms with van der Waals surface area (Å²) in [6.07, 6.45) is 86.3. The normalized spacial score (nSPS) is 12.7. The van der Waals surface area contributed by atoms with Crippen LogP contribution in [-0.4, -0.2) is 47.4 Å². The van der Waals surface area contributed by atoms with Crippen molar-refractivity contribution < 1.29 is 24.5 Å². The van der Waals surface area contributed by atoms with E-state index in [1.807, 2.05) is 0 Å². The highest BCUT2D eigenvalue weighted by atomic mass is 16.5. The second-order valence-corrected chi connectivity index (χ2v) is 24.2. The van der Waals surface area contributed by atoms with Gasteiger partial charge in [-0.2, -0.15) is 0 Å². The summed E-state index contributed by atoms with van der Waals surface area (Å²) in [6, 6.07) is -0.540. The van der Waals surface area contributed by atoms with E-state index < -0.39 is 12.1 Å². The minimum atomic E-state index is -0.662. The number of carbonyl (C=O) groups is 2. The Kier molecular flexibility index (Phi) is 65.9. The van der Waals surface area contributed by atoms with Gasteiger partial charge in [0.2, 0.25) is 5.91 Å². The van der Waals surface area contributed by atoms with Gasteiger partial charge in [0.1, 0.15) is 0 Å². The molecule has 6 nitrogen and oxygen atoms in total. The van der Waals surface area contributed by atoms with Gasteiger partial charge < -0.3 is 20.3 Å². The van der Waals surface area contributed by atoms with Crippen molar-refractivity contribution in [2.24, 2.45) is 0 Å². The number of hydrogen-bond donors (Lipinski definition) is 3. The predicted octanol–water partition coefficient (Wildman–Crippen LogP) is 22.7. The fraction of sp³-hybridized carbons (Fsp3) is 0.889. The maximum absolute atomic E-state index is 12.5. The monoisotopic (exact) mass is 1100 g/mol. The van der Waals surface area contributed by atoms with Gasteiger partial charge in [-0.25, -0.2) is 0 Å². The average molecular weight is 1100 g/mol. The second-order valence-electron chi connectivity index (χ2n) is 24.2. The van der Waals surface area contributed by atoms with Crippen LogP contribution in [0.15, 0.2) is 36.5 Å². The van der Waals surface area contributed by atoms with E-state index in [4.69, 9.17) is 4.74 Å². The number of aliphatic hydroxyl groups is 2. The third kappa shape index (κ3) is 63.3. The smallest absolute Gasteiger partial charge is 0.305 e. The lowest BCUT2D eigenvalue weighted by molar-refractivity contribution is -0.143. The minimum absolute atomic E-state index is 0.0131. The summed E-state index contributed by atoms with van der Waals surface area (Å²) in [5, 5.41) is 23.2. The van der Waals surface area contributed by atoms with Crippen LogP contribution in [-0.2, 0) is 14.3 Å². The molecule has 0 fully saturated rings. The molecule has 0 saturated carbocycles. The third-order valence-electron chi connectivity index (χ3n) is 16.4. The number of aliphatic hydroxyl groups excluding tert-OH is 2. The van der Waals surface area contributed by atoms with E-state index in [1.165, 1.54) is 302 Å². The van der Waals surface area contributed by atoms with Crippen LogP contribution in [0.25, 0.3) is 0 Å². The van der Waals surface area contributed by atoms with Crippen molar-refractivity contribution in [3.05, 3.63) is 36.5 Å². The quantitative estimate of drug-likeness (QED) is 0.0320. The standard InChI is InChI=1S/C72H137NO5/c1-3-5-7-9-11-13-15-16-17-18-32-36-39-42-46-50-54-58-62-66-72(77)78-67-63-59-55-51-47-43-40-37-34-31-29-27-25-23-21-19-20-22-24-26-28-30-33-35-38-41-45-49-53-57-61-65-71(76)73-69(68-74)70(75)64-60-56-52-48-44-14-12-10-8-6-4-2/h16-17,21,23,27,29,69-70,74-75H,3-15,18-20,22,24-26,28,30-68H2,1-2H3,(H,73,76)/b17-16-,23-21-,29-27-. The lowest BCUT2D eigenvalue weighted by atomic mass is 10.0. The predicted molar refractivity (Wildman–Crippen MR) is 343 cm³/mol. The Labute approximate surface area is 487 Å². The van der Waals surface area contributed by atoms with Crippen LogP contribution in [0.5, 0.6) is 0 Å². The number of allylic oxidation sites excluding steroid dienone is 6. The summed E-state index contributed by atoms with van der Waals surface area (Å²) in [7, 11) is 0. The molecule has 0 heterocycles. The molecule has 2 atom stereocenters. The molecule has 0 rings (SSSR count). The van der Waals surface area contributed by atoms with Crippen LogP contribution in [0.2, 0.25) is 0 Å². The average Bonchev–Trinajstić information content (AvgIpc) is 3.44. The van der Waals surface area contributed by atoms with Crippen LogP contribution in [0, 0.1) is 0 Å². The highest BCUT2D eigenvalue weighted by Gasteiger charge is 2.20. The Hall–Kier alpha value is -1.92. The zero-order valence-electron chi connectivity index (χ0n) is 52.7. The number of carbonyl (C=O) groups excluding carboxylic acids is 2. The molecule has 0 aliphatic rings. The molecule has 3 N–H and O–H groups in total. The highest BCUT2D eigenvalue weighted by molar-refractivity contribution is 5.76. The first kappa shape index (κ1) is 76.1. The van der Waals surface area contributed by atoms with Gasteiger partial charge in [0.15, 0.2) is 0 Å². The molecular weight excluding hydrogens is 959 g/mol. The van der Waals surface area contributed by atoms with Crippen LogP contribution < -0.4 is 5.32 Å². The molecule has 78 heavy (non-hydrogen) atoms. The van der Waals surface area contributed by atoms with Gasteiger partial charge in [-0.1, -0.05) is 326 Å². The maximum atomic E-state index is 12.5. The van der Waals surface area contributed by atoms with Crippen LogP contribution in [0.3, 0.4) is 0 Å². The van der Waals surface area contributed by atoms with Gasteiger partial charge in [-0.15, -0.1) is 0 Å². The number of amides is 1. The van der Waals surface area contributed by atoms with Crippen molar-refractivity contribution in [1.29, 1.82) is 0 Å². The molecule has 2 unspecified atom stereocenters. The Morgan fingerprint density at radius 1 is 0.359 bits per heavy atom. The van der Waals surface area contributed by atoms with Crippen molar-refractivity contribution >= 4 is 11.9 Å². The van der Waals surface area contributed by atoms with Crippen LogP contribution in [0.1, 0.15) is 386 Å². The topological polar surface area (TPSA) is 95.9 Å². The summed E-state index contributed by atoms with van der Waals surface area (Å²) in [5.41, 5.74) is 0. The van der Waals surface area contributed by atoms with Crippen LogP contribution in [0.4, 0.5) is 0 Å². The largest absolute Gasteiger partial charge is 0.466 e. The lowest BCUT2D eigenvalue weighted by Gasteiger charge is -2.22. The summed E-state index contributed by atoms with van der Waals surface area (Å²) in [5.74, 6) is -0.0209. The van der Waals surface area contributed by atoms with E-state index in [9.17, 15) is 19.8 Å². The summed E-state index contributed by atoms with van der Waals surface area (Å²) >= 11 is 0. The number of hydrogen-bond acceptors (Lipinski definition) is 5. The number of ether oxygens (including phenoxy) is 1. The zero-order chi connectivity index (χ0) is 56.4. The summed E-state index contributed by atoms with van der Waals surface area (Å²) in [4.78, 5) is 24.6. The molecule has 0 radical (unpaired) electrons. The molecule has 0 aromatic heterocycles. The number of unbranched alkanes of at least 4 members (excludes halogenated alkanes) is 49. The first-order valence-electron chi connectivity index (χ1n) is 35.2. The van der Waals surface area contributed by atoms with Crippen molar-refractivity contribution in [3.63, 3.8) is 0 Å². The molecule has 460 valence electrons. The van der Waals surface area contributed by atoms with Crippen molar-refractivity contribution in [3.8, 4) is 0 Å². The molecule has 6 heteroatoms. The van der Waals surface area contributed by atoms with Gasteiger partial charge in [-0.05, 0) is 83.5 Å². The maximum Gasteiger partial charge on any atom is 0.305 e. The molecule has 0 aliphatic heterocycles. The van der Waals surface area contributed by atoms with Crippen molar-refractivity contribution in [2.75, 3.05) is 13.2 Å². The Morgan fingerprint density at radius 2 is 0.641 bits per heavy atom. The fourth-order valence-electron chi connectivity index (χ4n) is 11.0. The van der Waals surface area contributed by atoms with E-state index in [2.05, 4.69) is 55.6 Å². The summed E-state index contributed by atoms with van der Waals surface area (Å²) in [6.45, 7) is 4.96. The molecule has 0 aliphatic carbocycles. The molecule has 0 spiro atoms. The Morgan fingerprint density at radius 3 is 0.987 bits per heavy atom. The van der Waals surface area contributed by atoms with Gasteiger partial charge in [-0.3, -0.25) is 9.59 Å². The van der Waals surface area contributed by atoms with Gasteiger partial charge in [0.25, 0.3) is 0 Å². The second kappa shape index (κ2) is 67.6. The van der Waals surface area contributed by atoms with Crippen molar-refractivity contribution in [2.45, 2.75) is 398 Å². The first-order chi connectivity index (χ1) is 38.5.